The molecule has 5 saturated carbocycles. The van der Waals surface area contributed by atoms with Crippen LogP contribution in [0.15, 0.2) is 23.8 Å². The van der Waals surface area contributed by atoms with Crippen molar-refractivity contribution in [2.45, 2.75) is 178 Å². The van der Waals surface area contributed by atoms with Gasteiger partial charge in [-0.1, -0.05) is 88.0 Å². The van der Waals surface area contributed by atoms with E-state index < -0.39 is 0 Å². The van der Waals surface area contributed by atoms with Crippen molar-refractivity contribution < 1.29 is 4.74 Å². The molecule has 0 saturated heterocycles. The van der Waals surface area contributed by atoms with Gasteiger partial charge in [0.1, 0.15) is 5.76 Å². The minimum atomic E-state index is 0.321. The number of rotatable bonds is 8. The Labute approximate surface area is 291 Å². The predicted molar refractivity (Wildman–Crippen MR) is 206 cm³/mol. The smallest absolute Gasteiger partial charge is 0.126 e. The van der Waals surface area contributed by atoms with Crippen LogP contribution in [0.4, 0.5) is 11.4 Å². The van der Waals surface area contributed by atoms with Crippen molar-refractivity contribution in [2.24, 2.45) is 52.3 Å². The van der Waals surface area contributed by atoms with Crippen molar-refractivity contribution in [3.05, 3.63) is 29.3 Å². The SMILES string of the molecule is CC.CC(C)CCCC(C)C1CCC2C3CCC4CC(OC(=C5CCCC5)c5cc(N)cc(N)c5)CCC4(C)C3CCC12C.CCC. The number of hydrogen-bond acceptors (Lipinski definition) is 3. The predicted octanol–water partition coefficient (Wildman–Crippen LogP) is 13.1. The largest absolute Gasteiger partial charge is 0.490 e. The maximum atomic E-state index is 7.04. The average Bonchev–Trinajstić information content (AvgIpc) is 3.69. The van der Waals surface area contributed by atoms with E-state index in [9.17, 15) is 0 Å². The van der Waals surface area contributed by atoms with Crippen molar-refractivity contribution >= 4 is 17.1 Å². The molecule has 0 spiro atoms. The number of fused-ring (bicyclic) bond motifs is 5. The van der Waals surface area contributed by atoms with Crippen molar-refractivity contribution in [1.82, 2.24) is 0 Å². The van der Waals surface area contributed by atoms with Crippen molar-refractivity contribution in [1.29, 1.82) is 0 Å². The highest BCUT2D eigenvalue weighted by atomic mass is 16.5. The van der Waals surface area contributed by atoms with Gasteiger partial charge >= 0.3 is 0 Å². The molecular formula is C44H76N2O. The van der Waals surface area contributed by atoms with E-state index in [0.29, 0.717) is 16.9 Å². The van der Waals surface area contributed by atoms with Crippen molar-refractivity contribution in [3.63, 3.8) is 0 Å². The monoisotopic (exact) mass is 649 g/mol. The molecule has 9 atom stereocenters. The van der Waals surface area contributed by atoms with Gasteiger partial charge in [-0.2, -0.15) is 0 Å². The van der Waals surface area contributed by atoms with Crippen LogP contribution >= 0.6 is 0 Å². The standard InChI is InChI=1S/C39H62N2O.C3H8.C2H6/c1-25(2)9-8-10-26(3)34-15-16-35-33-14-13-29-23-32(17-19-38(29,4)36(33)18-20-39(34,35)5)42-37(27-11-6-7-12-27)28-21-30(40)24-31(41)22-28;1-3-2;1-2/h21-22,24-26,29,32-36H,6-20,23,40-41H2,1-5H3;3H2,1-2H3;1-2H3. The molecule has 0 aromatic heterocycles. The van der Waals surface area contributed by atoms with E-state index in [1.54, 1.807) is 0 Å². The van der Waals surface area contributed by atoms with Crippen LogP contribution in [0, 0.1) is 52.3 Å². The molecule has 1 aromatic rings. The fraction of sp³-hybridized carbons (Fsp3) is 0.818. The van der Waals surface area contributed by atoms with Crippen LogP contribution in [0.1, 0.15) is 177 Å². The van der Waals surface area contributed by atoms with Gasteiger partial charge in [-0.15, -0.1) is 0 Å². The molecule has 3 heteroatoms. The van der Waals surface area contributed by atoms with Crippen molar-refractivity contribution in [2.75, 3.05) is 11.5 Å². The lowest BCUT2D eigenvalue weighted by atomic mass is 9.44. The molecule has 4 N–H and O–H groups in total. The quantitative estimate of drug-likeness (QED) is 0.218. The number of anilines is 2. The van der Waals surface area contributed by atoms with E-state index in [1.165, 1.54) is 102 Å². The van der Waals surface area contributed by atoms with E-state index in [4.69, 9.17) is 16.2 Å². The molecule has 0 heterocycles. The topological polar surface area (TPSA) is 61.3 Å². The van der Waals surface area contributed by atoms with Gasteiger partial charge in [0.15, 0.2) is 0 Å². The third kappa shape index (κ3) is 8.40. The van der Waals surface area contributed by atoms with Gasteiger partial charge in [-0.3, -0.25) is 0 Å². The first kappa shape index (κ1) is 38.2. The molecule has 0 aliphatic heterocycles. The van der Waals surface area contributed by atoms with E-state index in [2.05, 4.69) is 60.6 Å². The Morgan fingerprint density at radius 2 is 1.43 bits per heavy atom. The maximum Gasteiger partial charge on any atom is 0.126 e. The fourth-order valence-electron chi connectivity index (χ4n) is 11.7. The number of allylic oxidation sites excluding steroid dienone is 1. The molecule has 5 aliphatic carbocycles. The molecule has 0 radical (unpaired) electrons. The molecule has 47 heavy (non-hydrogen) atoms. The summed E-state index contributed by atoms with van der Waals surface area (Å²) in [5, 5.41) is 0. The second-order valence-electron chi connectivity index (χ2n) is 17.4. The fourth-order valence-corrected chi connectivity index (χ4v) is 11.7. The van der Waals surface area contributed by atoms with Crippen LogP contribution < -0.4 is 11.5 Å². The van der Waals surface area contributed by atoms with Gasteiger partial charge in [0.25, 0.3) is 0 Å². The third-order valence-corrected chi connectivity index (χ3v) is 13.9. The molecule has 5 fully saturated rings. The van der Waals surface area contributed by atoms with E-state index in [-0.39, 0.29) is 0 Å². The summed E-state index contributed by atoms with van der Waals surface area (Å²) < 4.78 is 7.04. The zero-order chi connectivity index (χ0) is 34.4. The second kappa shape index (κ2) is 16.8. The van der Waals surface area contributed by atoms with E-state index in [1.807, 2.05) is 19.9 Å². The maximum absolute atomic E-state index is 7.04. The van der Waals surface area contributed by atoms with Crippen molar-refractivity contribution in [3.8, 4) is 0 Å². The van der Waals surface area contributed by atoms with Crippen LogP contribution in [0.3, 0.4) is 0 Å². The Balaban J connectivity index is 0.000000947. The lowest BCUT2D eigenvalue weighted by Crippen LogP contribution is -2.54. The van der Waals surface area contributed by atoms with Gasteiger partial charge in [-0.05, 0) is 159 Å². The molecule has 5 aliphatic rings. The van der Waals surface area contributed by atoms with Gasteiger partial charge in [-0.25, -0.2) is 0 Å². The summed E-state index contributed by atoms with van der Waals surface area (Å²) in [4.78, 5) is 0. The lowest BCUT2D eigenvalue weighted by molar-refractivity contribution is -0.129. The summed E-state index contributed by atoms with van der Waals surface area (Å²) in [6, 6.07) is 6.02. The Bertz CT molecular complexity index is 1130. The van der Waals surface area contributed by atoms with E-state index in [0.717, 1.165) is 77.0 Å². The Hall–Kier alpha value is -1.64. The first-order valence-corrected chi connectivity index (χ1v) is 20.5. The number of ether oxygens (including phenoxy) is 1. The van der Waals surface area contributed by atoms with Gasteiger partial charge < -0.3 is 16.2 Å². The number of nitrogens with two attached hydrogens (primary N) is 2. The number of nitrogen functional groups attached to an aromatic ring is 2. The summed E-state index contributed by atoms with van der Waals surface area (Å²) in [5.74, 6) is 7.46. The van der Waals surface area contributed by atoms with Crippen LogP contribution in [0.25, 0.3) is 5.76 Å². The first-order valence-electron chi connectivity index (χ1n) is 20.5. The molecule has 3 nitrogen and oxygen atoms in total. The van der Waals surface area contributed by atoms with Crippen LogP contribution in [0.5, 0.6) is 0 Å². The molecule has 0 amide bonds. The summed E-state index contributed by atoms with van der Waals surface area (Å²) in [6.07, 6.45) is 23.3. The number of benzene rings is 1. The average molecular weight is 649 g/mol. The summed E-state index contributed by atoms with van der Waals surface area (Å²) in [7, 11) is 0. The minimum absolute atomic E-state index is 0.321. The second-order valence-corrected chi connectivity index (χ2v) is 17.4. The molecular weight excluding hydrogens is 572 g/mol. The zero-order valence-electron chi connectivity index (χ0n) is 32.4. The molecule has 6 rings (SSSR count). The summed E-state index contributed by atoms with van der Waals surface area (Å²) >= 11 is 0. The zero-order valence-corrected chi connectivity index (χ0v) is 32.4. The first-order chi connectivity index (χ1) is 22.5. The molecule has 9 unspecified atom stereocenters. The van der Waals surface area contributed by atoms with E-state index >= 15 is 0 Å². The van der Waals surface area contributed by atoms with Gasteiger partial charge in [0.05, 0.1) is 6.10 Å². The summed E-state index contributed by atoms with van der Waals surface area (Å²) in [6.45, 7) is 21.1. The Morgan fingerprint density at radius 3 is 2.06 bits per heavy atom. The van der Waals surface area contributed by atoms with Crippen LogP contribution in [-0.2, 0) is 4.74 Å². The number of hydrogen-bond donors (Lipinski definition) is 2. The highest BCUT2D eigenvalue weighted by Crippen LogP contribution is 2.68. The minimum Gasteiger partial charge on any atom is -0.490 e. The highest BCUT2D eigenvalue weighted by Gasteiger charge is 2.60. The third-order valence-electron chi connectivity index (χ3n) is 13.9. The van der Waals surface area contributed by atoms with Gasteiger partial charge in [0, 0.05) is 16.9 Å². The van der Waals surface area contributed by atoms with Gasteiger partial charge in [0.2, 0.25) is 0 Å². The molecule has 0 bridgehead atoms. The normalized spacial score (nSPS) is 35.0. The lowest BCUT2D eigenvalue weighted by Gasteiger charge is -2.61. The Morgan fingerprint density at radius 1 is 0.809 bits per heavy atom. The highest BCUT2D eigenvalue weighted by molar-refractivity contribution is 5.70. The van der Waals surface area contributed by atoms with Crippen LogP contribution in [0.2, 0.25) is 0 Å². The molecule has 268 valence electrons. The summed E-state index contributed by atoms with van der Waals surface area (Å²) in [5.41, 5.74) is 17.6. The molecule has 1 aromatic carbocycles. The Kier molecular flexibility index (Phi) is 13.7. The van der Waals surface area contributed by atoms with Crippen LogP contribution in [-0.4, -0.2) is 6.10 Å².